The number of hydrogen-bond acceptors (Lipinski definition) is 5. The van der Waals surface area contributed by atoms with Crippen molar-refractivity contribution in [2.45, 2.75) is 6.92 Å². The molecule has 6 heteroatoms. The van der Waals surface area contributed by atoms with E-state index in [0.29, 0.717) is 41.5 Å². The van der Waals surface area contributed by atoms with Crippen LogP contribution >= 0.6 is 0 Å². The fourth-order valence-corrected chi connectivity index (χ4v) is 2.38. The Morgan fingerprint density at radius 1 is 1.00 bits per heavy atom. The number of carbonyl (C=O) groups excluding carboxylic acids is 2. The average Bonchev–Trinajstić information content (AvgIpc) is 2.62. The molecule has 0 saturated heterocycles. The summed E-state index contributed by atoms with van der Waals surface area (Å²) in [5.74, 6) is 0.428. The van der Waals surface area contributed by atoms with Gasteiger partial charge in [0.25, 0.3) is 5.91 Å². The van der Waals surface area contributed by atoms with Gasteiger partial charge in [0.2, 0.25) is 0 Å². The predicted octanol–water partition coefficient (Wildman–Crippen LogP) is 2.81. The molecule has 1 aliphatic rings. The summed E-state index contributed by atoms with van der Waals surface area (Å²) in [6, 6.07) is 10.0. The molecule has 2 aromatic carbocycles. The van der Waals surface area contributed by atoms with Gasteiger partial charge in [0.05, 0.1) is 12.7 Å². The van der Waals surface area contributed by atoms with Crippen LogP contribution in [0.5, 0.6) is 11.5 Å². The molecule has 1 heterocycles. The van der Waals surface area contributed by atoms with Crippen LogP contribution in [-0.2, 0) is 4.74 Å². The maximum absolute atomic E-state index is 12.5. The molecule has 24 heavy (non-hydrogen) atoms. The average molecular weight is 327 g/mol. The molecule has 3 rings (SSSR count). The molecule has 1 aliphatic heterocycles. The number of hydrogen-bond donors (Lipinski definition) is 1. The molecule has 0 fully saturated rings. The summed E-state index contributed by atoms with van der Waals surface area (Å²) in [6.45, 7) is 2.80. The van der Waals surface area contributed by atoms with Crippen molar-refractivity contribution in [1.82, 2.24) is 0 Å². The fourth-order valence-electron chi connectivity index (χ4n) is 2.38. The van der Waals surface area contributed by atoms with E-state index in [1.165, 1.54) is 7.11 Å². The van der Waals surface area contributed by atoms with E-state index >= 15 is 0 Å². The van der Waals surface area contributed by atoms with Crippen molar-refractivity contribution in [3.05, 3.63) is 53.1 Å². The zero-order valence-electron chi connectivity index (χ0n) is 13.4. The molecule has 124 valence electrons. The lowest BCUT2D eigenvalue weighted by Gasteiger charge is -2.18. The van der Waals surface area contributed by atoms with Crippen molar-refractivity contribution in [3.63, 3.8) is 0 Å². The SMILES string of the molecule is COC(=O)c1ccc(C)c(NC(=O)c2ccc3c(c2)OCCO3)c1. The van der Waals surface area contributed by atoms with Gasteiger partial charge < -0.3 is 19.5 Å². The summed E-state index contributed by atoms with van der Waals surface area (Å²) in [7, 11) is 1.32. The van der Waals surface area contributed by atoms with Gasteiger partial charge in [-0.2, -0.15) is 0 Å². The number of amides is 1. The lowest BCUT2D eigenvalue weighted by Crippen LogP contribution is -2.17. The van der Waals surface area contributed by atoms with Gasteiger partial charge in [-0.25, -0.2) is 4.79 Å². The molecular formula is C18H17NO5. The number of esters is 1. The van der Waals surface area contributed by atoms with Crippen LogP contribution in [0.3, 0.4) is 0 Å². The molecule has 0 spiro atoms. The molecule has 0 atom stereocenters. The van der Waals surface area contributed by atoms with Crippen LogP contribution in [0.2, 0.25) is 0 Å². The number of carbonyl (C=O) groups is 2. The van der Waals surface area contributed by atoms with Crippen LogP contribution < -0.4 is 14.8 Å². The largest absolute Gasteiger partial charge is 0.486 e. The van der Waals surface area contributed by atoms with Crippen LogP contribution in [0.1, 0.15) is 26.3 Å². The summed E-state index contributed by atoms with van der Waals surface area (Å²) in [4.78, 5) is 24.1. The standard InChI is InChI=1S/C18H17NO5/c1-11-3-4-13(18(21)22-2)9-14(11)19-17(20)12-5-6-15-16(10-12)24-8-7-23-15/h3-6,9-10H,7-8H2,1-2H3,(H,19,20). The lowest BCUT2D eigenvalue weighted by atomic mass is 10.1. The summed E-state index contributed by atoms with van der Waals surface area (Å²) in [5.41, 5.74) is 2.22. The number of nitrogens with one attached hydrogen (secondary N) is 1. The van der Waals surface area contributed by atoms with Crippen molar-refractivity contribution >= 4 is 17.6 Å². The highest BCUT2D eigenvalue weighted by Crippen LogP contribution is 2.31. The van der Waals surface area contributed by atoms with Crippen molar-refractivity contribution in [3.8, 4) is 11.5 Å². The Labute approximate surface area is 139 Å². The molecule has 1 amide bonds. The van der Waals surface area contributed by atoms with Crippen LogP contribution in [0.15, 0.2) is 36.4 Å². The van der Waals surface area contributed by atoms with Crippen molar-refractivity contribution < 1.29 is 23.8 Å². The Morgan fingerprint density at radius 2 is 1.71 bits per heavy atom. The van der Waals surface area contributed by atoms with E-state index in [9.17, 15) is 9.59 Å². The molecule has 0 bridgehead atoms. The maximum atomic E-state index is 12.5. The van der Waals surface area contributed by atoms with Gasteiger partial charge in [-0.05, 0) is 42.8 Å². The lowest BCUT2D eigenvalue weighted by molar-refractivity contribution is 0.0600. The van der Waals surface area contributed by atoms with E-state index in [1.807, 2.05) is 6.92 Å². The Bertz CT molecular complexity index is 800. The zero-order chi connectivity index (χ0) is 17.1. The molecule has 6 nitrogen and oxygen atoms in total. The van der Waals surface area contributed by atoms with Gasteiger partial charge in [-0.15, -0.1) is 0 Å². The van der Waals surface area contributed by atoms with Crippen molar-refractivity contribution in [1.29, 1.82) is 0 Å². The number of rotatable bonds is 3. The van der Waals surface area contributed by atoms with Gasteiger partial charge in [0.1, 0.15) is 13.2 Å². The van der Waals surface area contributed by atoms with E-state index in [-0.39, 0.29) is 5.91 Å². The minimum absolute atomic E-state index is 0.294. The first kappa shape index (κ1) is 15.9. The Balaban J connectivity index is 1.83. The van der Waals surface area contributed by atoms with Crippen LogP contribution in [0, 0.1) is 6.92 Å². The minimum atomic E-state index is -0.454. The zero-order valence-corrected chi connectivity index (χ0v) is 13.4. The molecular weight excluding hydrogens is 310 g/mol. The molecule has 0 unspecified atom stereocenters. The maximum Gasteiger partial charge on any atom is 0.337 e. The molecule has 2 aromatic rings. The monoisotopic (exact) mass is 327 g/mol. The second kappa shape index (κ2) is 6.62. The predicted molar refractivity (Wildman–Crippen MR) is 87.9 cm³/mol. The third kappa shape index (κ3) is 3.17. The molecule has 0 aromatic heterocycles. The smallest absolute Gasteiger partial charge is 0.337 e. The first-order chi connectivity index (χ1) is 11.6. The highest BCUT2D eigenvalue weighted by atomic mass is 16.6. The number of aryl methyl sites for hydroxylation is 1. The third-order valence-corrected chi connectivity index (χ3v) is 3.71. The Morgan fingerprint density at radius 3 is 2.46 bits per heavy atom. The summed E-state index contributed by atoms with van der Waals surface area (Å²) < 4.78 is 15.6. The van der Waals surface area contributed by atoms with E-state index in [0.717, 1.165) is 5.56 Å². The van der Waals surface area contributed by atoms with E-state index in [4.69, 9.17) is 14.2 Å². The van der Waals surface area contributed by atoms with E-state index in [2.05, 4.69) is 5.32 Å². The van der Waals surface area contributed by atoms with Crippen molar-refractivity contribution in [2.75, 3.05) is 25.6 Å². The second-order valence-electron chi connectivity index (χ2n) is 5.33. The first-order valence-corrected chi connectivity index (χ1v) is 7.48. The van der Waals surface area contributed by atoms with Crippen LogP contribution in [0.4, 0.5) is 5.69 Å². The van der Waals surface area contributed by atoms with Gasteiger partial charge in [0.15, 0.2) is 11.5 Å². The van der Waals surface area contributed by atoms with Crippen LogP contribution in [-0.4, -0.2) is 32.2 Å². The van der Waals surface area contributed by atoms with Gasteiger partial charge >= 0.3 is 5.97 Å². The Hall–Kier alpha value is -3.02. The van der Waals surface area contributed by atoms with Gasteiger partial charge in [-0.1, -0.05) is 6.07 Å². The topological polar surface area (TPSA) is 73.9 Å². The number of fused-ring (bicyclic) bond motifs is 1. The molecule has 0 aliphatic carbocycles. The first-order valence-electron chi connectivity index (χ1n) is 7.48. The number of benzene rings is 2. The van der Waals surface area contributed by atoms with Gasteiger partial charge in [-0.3, -0.25) is 4.79 Å². The number of methoxy groups -OCH3 is 1. The number of ether oxygens (including phenoxy) is 3. The molecule has 0 saturated carbocycles. The Kier molecular flexibility index (Phi) is 4.37. The van der Waals surface area contributed by atoms with E-state index in [1.54, 1.807) is 36.4 Å². The molecule has 1 N–H and O–H groups in total. The number of anilines is 1. The summed E-state index contributed by atoms with van der Waals surface area (Å²) >= 11 is 0. The second-order valence-corrected chi connectivity index (χ2v) is 5.33. The minimum Gasteiger partial charge on any atom is -0.486 e. The summed E-state index contributed by atoms with van der Waals surface area (Å²) in [6.07, 6.45) is 0. The van der Waals surface area contributed by atoms with Crippen LogP contribution in [0.25, 0.3) is 0 Å². The van der Waals surface area contributed by atoms with E-state index < -0.39 is 5.97 Å². The highest BCUT2D eigenvalue weighted by molar-refractivity contribution is 6.05. The quantitative estimate of drug-likeness (QED) is 0.878. The fraction of sp³-hybridized carbons (Fsp3) is 0.222. The van der Waals surface area contributed by atoms with Gasteiger partial charge in [0, 0.05) is 11.3 Å². The van der Waals surface area contributed by atoms with Crippen molar-refractivity contribution in [2.24, 2.45) is 0 Å². The normalized spacial score (nSPS) is 12.4. The summed E-state index contributed by atoms with van der Waals surface area (Å²) in [5, 5.41) is 2.81. The third-order valence-electron chi connectivity index (χ3n) is 3.71. The molecule has 0 radical (unpaired) electrons. The highest BCUT2D eigenvalue weighted by Gasteiger charge is 2.16.